The fourth-order valence-electron chi connectivity index (χ4n) is 4.93. The molecule has 0 radical (unpaired) electrons. The largest absolute Gasteiger partial charge is 0.493 e. The predicted molar refractivity (Wildman–Crippen MR) is 140 cm³/mol. The molecule has 5 rings (SSSR count). The van der Waals surface area contributed by atoms with Gasteiger partial charge < -0.3 is 29.7 Å². The number of carbonyl (C=O) groups is 2. The molecule has 36 heavy (non-hydrogen) atoms. The standard InChI is InChI=1S/C26H32N4O3.CH2O2/c1-29-14-10-21(26(29)31)28-25-18-8-3-4-9-20(18)27-22-17-24(23(32-2)16-19(22)25)33-15-7-13-30-11-5-6-12-30;2-1-3/h3-4,8-9,16-17,21H,5-7,10-15H2,1-2H3,(H,27,28);1H,(H,2,3). The minimum absolute atomic E-state index is 0.119. The van der Waals surface area contributed by atoms with Crippen LogP contribution in [0.4, 0.5) is 5.69 Å². The Kier molecular flexibility index (Phi) is 8.43. The third kappa shape index (κ3) is 5.62. The lowest BCUT2D eigenvalue weighted by atomic mass is 10.1. The molecule has 9 heteroatoms. The molecule has 3 heterocycles. The molecule has 192 valence electrons. The molecule has 0 bridgehead atoms. The van der Waals surface area contributed by atoms with E-state index in [0.29, 0.717) is 18.1 Å². The van der Waals surface area contributed by atoms with Gasteiger partial charge in [0.25, 0.3) is 6.47 Å². The average Bonchev–Trinajstić information content (AvgIpc) is 3.52. The number of nitrogens with zero attached hydrogens (tertiary/aromatic N) is 3. The van der Waals surface area contributed by atoms with E-state index in [2.05, 4.69) is 10.2 Å². The Bertz CT molecular complexity index is 1210. The van der Waals surface area contributed by atoms with Crippen LogP contribution in [0.5, 0.6) is 11.5 Å². The molecule has 9 nitrogen and oxygen atoms in total. The van der Waals surface area contributed by atoms with Crippen molar-refractivity contribution in [2.45, 2.75) is 31.7 Å². The zero-order valence-corrected chi connectivity index (χ0v) is 20.9. The number of amides is 1. The van der Waals surface area contributed by atoms with Crippen LogP contribution in [0.25, 0.3) is 21.8 Å². The lowest BCUT2D eigenvalue weighted by Crippen LogP contribution is -2.31. The van der Waals surface area contributed by atoms with Crippen molar-refractivity contribution in [2.24, 2.45) is 0 Å². The smallest absolute Gasteiger partial charge is 0.290 e. The molecule has 0 spiro atoms. The number of aromatic nitrogens is 1. The van der Waals surface area contributed by atoms with E-state index in [1.54, 1.807) is 12.0 Å². The molecule has 2 N–H and O–H groups in total. The number of methoxy groups -OCH3 is 1. The monoisotopic (exact) mass is 494 g/mol. The summed E-state index contributed by atoms with van der Waals surface area (Å²) in [6.45, 7) is 4.61. The highest BCUT2D eigenvalue weighted by Gasteiger charge is 2.30. The Morgan fingerprint density at radius 2 is 1.86 bits per heavy atom. The van der Waals surface area contributed by atoms with Crippen molar-refractivity contribution in [3.8, 4) is 11.5 Å². The first-order chi connectivity index (χ1) is 17.5. The molecule has 2 aromatic carbocycles. The minimum atomic E-state index is -0.250. The van der Waals surface area contributed by atoms with E-state index in [9.17, 15) is 4.79 Å². The molecule has 1 unspecified atom stereocenters. The number of para-hydroxylation sites is 1. The number of hydrogen-bond acceptors (Lipinski definition) is 7. The number of likely N-dealkylation sites (tertiary alicyclic amines) is 2. The molecule has 2 saturated heterocycles. The van der Waals surface area contributed by atoms with E-state index in [1.807, 2.05) is 43.4 Å². The van der Waals surface area contributed by atoms with Gasteiger partial charge in [0.05, 0.1) is 30.4 Å². The van der Waals surface area contributed by atoms with Gasteiger partial charge in [-0.1, -0.05) is 18.2 Å². The summed E-state index contributed by atoms with van der Waals surface area (Å²) in [4.78, 5) is 30.1. The number of ether oxygens (including phenoxy) is 2. The summed E-state index contributed by atoms with van der Waals surface area (Å²) < 4.78 is 11.8. The van der Waals surface area contributed by atoms with Crippen LogP contribution in [0.3, 0.4) is 0 Å². The van der Waals surface area contributed by atoms with E-state index in [1.165, 1.54) is 25.9 Å². The van der Waals surface area contributed by atoms with Gasteiger partial charge in [0.2, 0.25) is 5.91 Å². The van der Waals surface area contributed by atoms with Crippen LogP contribution in [0.15, 0.2) is 36.4 Å². The number of rotatable bonds is 8. The van der Waals surface area contributed by atoms with Crippen molar-refractivity contribution < 1.29 is 24.2 Å². The number of nitrogens with one attached hydrogen (secondary N) is 1. The van der Waals surface area contributed by atoms with Crippen LogP contribution in [0.2, 0.25) is 0 Å². The van der Waals surface area contributed by atoms with Crippen molar-refractivity contribution in [3.63, 3.8) is 0 Å². The van der Waals surface area contributed by atoms with Gasteiger partial charge >= 0.3 is 0 Å². The zero-order valence-electron chi connectivity index (χ0n) is 20.9. The van der Waals surface area contributed by atoms with E-state index in [4.69, 9.17) is 24.4 Å². The van der Waals surface area contributed by atoms with Gasteiger partial charge in [-0.3, -0.25) is 9.59 Å². The summed E-state index contributed by atoms with van der Waals surface area (Å²) in [6.07, 6.45) is 4.37. The van der Waals surface area contributed by atoms with Crippen molar-refractivity contribution in [3.05, 3.63) is 36.4 Å². The third-order valence-corrected chi connectivity index (χ3v) is 6.79. The molecule has 0 saturated carbocycles. The van der Waals surface area contributed by atoms with E-state index < -0.39 is 0 Å². The van der Waals surface area contributed by atoms with Crippen LogP contribution < -0.4 is 14.8 Å². The first kappa shape index (κ1) is 25.5. The Balaban J connectivity index is 0.000000967. The van der Waals surface area contributed by atoms with Gasteiger partial charge in [-0.25, -0.2) is 4.98 Å². The van der Waals surface area contributed by atoms with Crippen molar-refractivity contribution in [2.75, 3.05) is 52.3 Å². The lowest BCUT2D eigenvalue weighted by Gasteiger charge is -2.19. The number of fused-ring (bicyclic) bond motifs is 2. The summed E-state index contributed by atoms with van der Waals surface area (Å²) in [5.41, 5.74) is 2.63. The quantitative estimate of drug-likeness (QED) is 0.278. The maximum atomic E-state index is 12.6. The van der Waals surface area contributed by atoms with Gasteiger partial charge in [-0.15, -0.1) is 0 Å². The second-order valence-corrected chi connectivity index (χ2v) is 9.13. The normalized spacial score (nSPS) is 17.8. The van der Waals surface area contributed by atoms with Crippen LogP contribution in [-0.2, 0) is 9.59 Å². The fraction of sp³-hybridized carbons (Fsp3) is 0.444. The van der Waals surface area contributed by atoms with Crippen molar-refractivity contribution in [1.29, 1.82) is 0 Å². The van der Waals surface area contributed by atoms with Gasteiger partial charge in [-0.2, -0.15) is 0 Å². The average molecular weight is 495 g/mol. The summed E-state index contributed by atoms with van der Waals surface area (Å²) >= 11 is 0. The minimum Gasteiger partial charge on any atom is -0.493 e. The Hall–Kier alpha value is -3.59. The van der Waals surface area contributed by atoms with Crippen molar-refractivity contribution in [1.82, 2.24) is 14.8 Å². The molecular weight excluding hydrogens is 460 g/mol. The highest BCUT2D eigenvalue weighted by molar-refractivity contribution is 6.09. The molecule has 0 aliphatic carbocycles. The number of anilines is 1. The molecule has 1 aromatic heterocycles. The van der Waals surface area contributed by atoms with Crippen molar-refractivity contribution >= 4 is 39.9 Å². The summed E-state index contributed by atoms with van der Waals surface area (Å²) in [5, 5.41) is 12.3. The first-order valence-electron chi connectivity index (χ1n) is 12.4. The highest BCUT2D eigenvalue weighted by Crippen LogP contribution is 2.39. The summed E-state index contributed by atoms with van der Waals surface area (Å²) in [5.74, 6) is 1.50. The maximum Gasteiger partial charge on any atom is 0.290 e. The fourth-order valence-corrected chi connectivity index (χ4v) is 4.93. The molecule has 1 atom stereocenters. The van der Waals surface area contributed by atoms with E-state index in [0.717, 1.165) is 53.4 Å². The maximum absolute atomic E-state index is 12.6. The lowest BCUT2D eigenvalue weighted by molar-refractivity contribution is -0.127. The molecular formula is C27H34N4O5. The van der Waals surface area contributed by atoms with Crippen LogP contribution in [0, 0.1) is 0 Å². The van der Waals surface area contributed by atoms with Crippen LogP contribution in [-0.4, -0.2) is 85.3 Å². The Labute approximate surface area is 211 Å². The highest BCUT2D eigenvalue weighted by atomic mass is 16.5. The number of carboxylic acid groups (broad SMARTS) is 1. The van der Waals surface area contributed by atoms with Crippen LogP contribution in [0.1, 0.15) is 25.7 Å². The SMILES string of the molecule is COc1cc2c(NC3CCN(C)C3=O)c3ccccc3nc2cc1OCCCN1CCCC1.O=CO. The molecule has 2 aliphatic rings. The Morgan fingerprint density at radius 1 is 1.11 bits per heavy atom. The van der Waals surface area contributed by atoms with Crippen LogP contribution >= 0.6 is 0 Å². The number of benzene rings is 2. The van der Waals surface area contributed by atoms with Gasteiger partial charge in [-0.05, 0) is 50.9 Å². The number of carbonyl (C=O) groups excluding carboxylic acids is 1. The van der Waals surface area contributed by atoms with Gasteiger partial charge in [0.15, 0.2) is 11.5 Å². The number of likely N-dealkylation sites (N-methyl/N-ethyl adjacent to an activating group) is 1. The Morgan fingerprint density at radius 3 is 2.56 bits per heavy atom. The second-order valence-electron chi connectivity index (χ2n) is 9.13. The number of hydrogen-bond donors (Lipinski definition) is 2. The predicted octanol–water partition coefficient (Wildman–Crippen LogP) is 3.60. The topological polar surface area (TPSA) is 104 Å². The van der Waals surface area contributed by atoms with E-state index >= 15 is 0 Å². The van der Waals surface area contributed by atoms with E-state index in [-0.39, 0.29) is 18.4 Å². The summed E-state index contributed by atoms with van der Waals surface area (Å²) in [6, 6.07) is 11.7. The van der Waals surface area contributed by atoms with Gasteiger partial charge in [0, 0.05) is 37.0 Å². The molecule has 3 aromatic rings. The third-order valence-electron chi connectivity index (χ3n) is 6.79. The molecule has 2 fully saturated rings. The zero-order chi connectivity index (χ0) is 25.5. The van der Waals surface area contributed by atoms with Gasteiger partial charge in [0.1, 0.15) is 6.04 Å². The molecule has 1 amide bonds. The summed E-state index contributed by atoms with van der Waals surface area (Å²) in [7, 11) is 3.51. The second kappa shape index (κ2) is 11.9. The first-order valence-corrected chi connectivity index (χ1v) is 12.4. The number of pyridine rings is 1. The molecule has 2 aliphatic heterocycles.